The molecule has 2 rings (SSSR count). The number of ether oxygens (including phenoxy) is 1. The molecule has 0 aliphatic carbocycles. The summed E-state index contributed by atoms with van der Waals surface area (Å²) in [6.07, 6.45) is 1.94. The molecule has 4 heteroatoms. The number of hydrogen-bond donors (Lipinski definition) is 1. The van der Waals surface area contributed by atoms with Crippen molar-refractivity contribution in [2.75, 3.05) is 0 Å². The van der Waals surface area contributed by atoms with Crippen molar-refractivity contribution in [3.8, 4) is 0 Å². The number of carbonyl (C=O) groups excluding carboxylic acids is 1. The van der Waals surface area contributed by atoms with Gasteiger partial charge in [-0.15, -0.1) is 0 Å². The Morgan fingerprint density at radius 2 is 1.44 bits per heavy atom. The first-order valence-corrected chi connectivity index (χ1v) is 8.90. The van der Waals surface area contributed by atoms with Gasteiger partial charge in [-0.1, -0.05) is 66.7 Å². The maximum atomic E-state index is 12.7. The second-order valence-corrected chi connectivity index (χ2v) is 7.76. The van der Waals surface area contributed by atoms with Crippen molar-refractivity contribution < 1.29 is 19.4 Å². The molecule has 0 radical (unpaired) electrons. The molecule has 2 aromatic rings. The molecule has 0 saturated heterocycles. The van der Waals surface area contributed by atoms with Crippen molar-refractivity contribution in [2.45, 2.75) is 39.7 Å². The van der Waals surface area contributed by atoms with Crippen molar-refractivity contribution >= 4 is 23.6 Å². The van der Waals surface area contributed by atoms with E-state index in [1.807, 2.05) is 66.7 Å². The number of hydrogen-bond acceptors (Lipinski definition) is 3. The van der Waals surface area contributed by atoms with Gasteiger partial charge in [-0.05, 0) is 50.8 Å². The zero-order chi connectivity index (χ0) is 20.1. The van der Waals surface area contributed by atoms with Crippen LogP contribution in [0.25, 0.3) is 11.6 Å². The Morgan fingerprint density at radius 3 is 1.93 bits per heavy atom. The van der Waals surface area contributed by atoms with E-state index >= 15 is 0 Å². The molecule has 142 valence electrons. The monoisotopic (exact) mass is 366 g/mol. The Morgan fingerprint density at radius 1 is 0.926 bits per heavy atom. The summed E-state index contributed by atoms with van der Waals surface area (Å²) in [6.45, 7) is 6.60. The average molecular weight is 366 g/mol. The van der Waals surface area contributed by atoms with E-state index in [0.717, 1.165) is 16.7 Å². The second kappa shape index (κ2) is 8.21. The number of carboxylic acid groups (broad SMARTS) is 1. The van der Waals surface area contributed by atoms with Crippen LogP contribution >= 0.6 is 0 Å². The minimum Gasteiger partial charge on any atom is -0.480 e. The predicted octanol–water partition coefficient (Wildman–Crippen LogP) is 5.05. The molecule has 0 aliphatic heterocycles. The molecule has 0 fully saturated rings. The molecular formula is C23H26O4. The van der Waals surface area contributed by atoms with Gasteiger partial charge in [0.2, 0.25) is 0 Å². The number of carboxylic acids is 1. The van der Waals surface area contributed by atoms with Crippen LogP contribution < -0.4 is 0 Å². The van der Waals surface area contributed by atoms with Crippen molar-refractivity contribution in [1.82, 2.24) is 0 Å². The number of allylic oxidation sites excluding steroid dienone is 1. The quantitative estimate of drug-likeness (QED) is 0.441. The third-order valence-electron chi connectivity index (χ3n) is 4.15. The standard InChI is InChI=1S/C23H26O4/c1-22(2,3)27-21(26)23(4,20(24)25)16-19(18-13-9-6-10-14-18)15-17-11-7-5-8-12-17/h5-15H,16H2,1-4H3,(H,24,25)/b19-15-. The predicted molar refractivity (Wildman–Crippen MR) is 107 cm³/mol. The van der Waals surface area contributed by atoms with Crippen LogP contribution in [0, 0.1) is 5.41 Å². The van der Waals surface area contributed by atoms with E-state index in [1.54, 1.807) is 20.8 Å². The van der Waals surface area contributed by atoms with Gasteiger partial charge in [0.15, 0.2) is 5.41 Å². The molecule has 0 spiro atoms. The van der Waals surface area contributed by atoms with Gasteiger partial charge >= 0.3 is 11.9 Å². The lowest BCUT2D eigenvalue weighted by Gasteiger charge is -2.29. The van der Waals surface area contributed by atoms with E-state index < -0.39 is 23.0 Å². The molecule has 0 saturated carbocycles. The second-order valence-electron chi connectivity index (χ2n) is 7.76. The number of carbonyl (C=O) groups is 2. The fourth-order valence-electron chi connectivity index (χ4n) is 2.65. The molecular weight excluding hydrogens is 340 g/mol. The highest BCUT2D eigenvalue weighted by molar-refractivity contribution is 6.01. The number of benzene rings is 2. The van der Waals surface area contributed by atoms with Crippen LogP contribution in [0.15, 0.2) is 60.7 Å². The van der Waals surface area contributed by atoms with Gasteiger partial charge in [-0.2, -0.15) is 0 Å². The average Bonchev–Trinajstić information content (AvgIpc) is 2.61. The maximum absolute atomic E-state index is 12.7. The summed E-state index contributed by atoms with van der Waals surface area (Å²) in [5.41, 5.74) is 0.122. The lowest BCUT2D eigenvalue weighted by molar-refractivity contribution is -0.175. The van der Waals surface area contributed by atoms with E-state index in [4.69, 9.17) is 4.74 Å². The third-order valence-corrected chi connectivity index (χ3v) is 4.15. The minimum absolute atomic E-state index is 0.0240. The zero-order valence-electron chi connectivity index (χ0n) is 16.2. The van der Waals surface area contributed by atoms with E-state index in [1.165, 1.54) is 6.92 Å². The highest BCUT2D eigenvalue weighted by atomic mass is 16.6. The zero-order valence-corrected chi connectivity index (χ0v) is 16.2. The van der Waals surface area contributed by atoms with Crippen LogP contribution in [-0.2, 0) is 14.3 Å². The summed E-state index contributed by atoms with van der Waals surface area (Å²) in [5, 5.41) is 9.83. The van der Waals surface area contributed by atoms with Crippen LogP contribution in [0.2, 0.25) is 0 Å². The third kappa shape index (κ3) is 5.55. The van der Waals surface area contributed by atoms with Crippen LogP contribution in [0.4, 0.5) is 0 Å². The van der Waals surface area contributed by atoms with Crippen molar-refractivity contribution in [3.63, 3.8) is 0 Å². The molecule has 0 bridgehead atoms. The Balaban J connectivity index is 2.47. The van der Waals surface area contributed by atoms with Gasteiger partial charge in [-0.3, -0.25) is 9.59 Å². The van der Waals surface area contributed by atoms with Gasteiger partial charge in [0.1, 0.15) is 5.60 Å². The van der Waals surface area contributed by atoms with Crippen LogP contribution in [0.5, 0.6) is 0 Å². The molecule has 4 nitrogen and oxygen atoms in total. The summed E-state index contributed by atoms with van der Waals surface area (Å²) in [7, 11) is 0. The van der Waals surface area contributed by atoms with E-state index in [9.17, 15) is 14.7 Å². The Kier molecular flexibility index (Phi) is 6.21. The maximum Gasteiger partial charge on any atom is 0.324 e. The molecule has 0 heterocycles. The van der Waals surface area contributed by atoms with Gasteiger partial charge in [0, 0.05) is 0 Å². The number of aliphatic carboxylic acids is 1. The molecule has 2 aromatic carbocycles. The molecule has 0 amide bonds. The van der Waals surface area contributed by atoms with Gasteiger partial charge in [0.05, 0.1) is 0 Å². The molecule has 1 unspecified atom stereocenters. The highest BCUT2D eigenvalue weighted by Crippen LogP contribution is 2.35. The summed E-state index contributed by atoms with van der Waals surface area (Å²) >= 11 is 0. The summed E-state index contributed by atoms with van der Waals surface area (Å²) in [6, 6.07) is 19.1. The van der Waals surface area contributed by atoms with E-state index in [2.05, 4.69) is 0 Å². The first-order valence-electron chi connectivity index (χ1n) is 8.90. The first-order chi connectivity index (χ1) is 12.6. The van der Waals surface area contributed by atoms with Gasteiger partial charge in [0.25, 0.3) is 0 Å². The molecule has 1 atom stereocenters. The molecule has 27 heavy (non-hydrogen) atoms. The topological polar surface area (TPSA) is 63.6 Å². The highest BCUT2D eigenvalue weighted by Gasteiger charge is 2.45. The SMILES string of the molecule is CC(C)(C)OC(=O)C(C)(C/C(=C/c1ccccc1)c1ccccc1)C(=O)O. The van der Waals surface area contributed by atoms with Crippen molar-refractivity contribution in [1.29, 1.82) is 0 Å². The Bertz CT molecular complexity index is 816. The smallest absolute Gasteiger partial charge is 0.324 e. The summed E-state index contributed by atoms with van der Waals surface area (Å²) in [5.74, 6) is -1.94. The Hall–Kier alpha value is -2.88. The fraction of sp³-hybridized carbons (Fsp3) is 0.304. The number of esters is 1. The Labute approximate surface area is 160 Å². The van der Waals surface area contributed by atoms with Crippen molar-refractivity contribution in [2.24, 2.45) is 5.41 Å². The van der Waals surface area contributed by atoms with Crippen molar-refractivity contribution in [3.05, 3.63) is 71.8 Å². The molecule has 1 N–H and O–H groups in total. The normalized spacial score (nSPS) is 14.3. The fourth-order valence-corrected chi connectivity index (χ4v) is 2.65. The lowest BCUT2D eigenvalue weighted by Crippen LogP contribution is -2.41. The van der Waals surface area contributed by atoms with Gasteiger partial charge in [-0.25, -0.2) is 0 Å². The molecule has 0 aromatic heterocycles. The number of rotatable bonds is 6. The summed E-state index contributed by atoms with van der Waals surface area (Å²) < 4.78 is 5.40. The summed E-state index contributed by atoms with van der Waals surface area (Å²) in [4.78, 5) is 24.8. The van der Waals surface area contributed by atoms with Crippen LogP contribution in [0.1, 0.15) is 45.2 Å². The minimum atomic E-state index is -1.69. The lowest BCUT2D eigenvalue weighted by atomic mass is 9.80. The van der Waals surface area contributed by atoms with E-state index in [0.29, 0.717) is 0 Å². The molecule has 0 aliphatic rings. The largest absolute Gasteiger partial charge is 0.480 e. The first kappa shape index (κ1) is 20.4. The van der Waals surface area contributed by atoms with Crippen LogP contribution in [-0.4, -0.2) is 22.6 Å². The van der Waals surface area contributed by atoms with E-state index in [-0.39, 0.29) is 6.42 Å². The van der Waals surface area contributed by atoms with Gasteiger partial charge < -0.3 is 9.84 Å². The van der Waals surface area contributed by atoms with Crippen LogP contribution in [0.3, 0.4) is 0 Å².